The summed E-state index contributed by atoms with van der Waals surface area (Å²) >= 11 is 0. The van der Waals surface area contributed by atoms with Gasteiger partial charge >= 0.3 is 0 Å². The Balaban J connectivity index is 2.33. The molecule has 0 aliphatic rings. The van der Waals surface area contributed by atoms with E-state index in [9.17, 15) is 18.0 Å². The van der Waals surface area contributed by atoms with Crippen molar-refractivity contribution in [2.45, 2.75) is 39.7 Å². The van der Waals surface area contributed by atoms with Crippen LogP contribution in [0.15, 0.2) is 54.6 Å². The van der Waals surface area contributed by atoms with Crippen LogP contribution < -0.4 is 9.62 Å². The zero-order valence-electron chi connectivity index (χ0n) is 19.2. The summed E-state index contributed by atoms with van der Waals surface area (Å²) in [5.41, 5.74) is 2.44. The summed E-state index contributed by atoms with van der Waals surface area (Å²) < 4.78 is 26.1. The number of nitrogens with zero attached hydrogens (tertiary/aromatic N) is 2. The van der Waals surface area contributed by atoms with Gasteiger partial charge in [-0.3, -0.25) is 13.9 Å². The summed E-state index contributed by atoms with van der Waals surface area (Å²) in [6.07, 6.45) is 2.07. The smallest absolute Gasteiger partial charge is 0.244 e. The number of amides is 2. The highest BCUT2D eigenvalue weighted by Gasteiger charge is 2.31. The molecule has 0 aliphatic carbocycles. The summed E-state index contributed by atoms with van der Waals surface area (Å²) in [5.74, 6) is -0.650. The second-order valence-corrected chi connectivity index (χ2v) is 9.65. The van der Waals surface area contributed by atoms with Crippen LogP contribution in [0.4, 0.5) is 5.69 Å². The van der Waals surface area contributed by atoms with Crippen LogP contribution in [0.25, 0.3) is 0 Å². The number of anilines is 1. The lowest BCUT2D eigenvalue weighted by Crippen LogP contribution is -2.53. The molecule has 0 radical (unpaired) electrons. The van der Waals surface area contributed by atoms with Gasteiger partial charge in [0.25, 0.3) is 0 Å². The largest absolute Gasteiger partial charge is 0.355 e. The fraction of sp³-hybridized carbons (Fsp3) is 0.417. The number of hydrogen-bond donors (Lipinski definition) is 1. The predicted molar refractivity (Wildman–Crippen MR) is 128 cm³/mol. The lowest BCUT2D eigenvalue weighted by atomic mass is 10.1. The van der Waals surface area contributed by atoms with E-state index in [4.69, 9.17) is 0 Å². The molecule has 0 saturated carbocycles. The Morgan fingerprint density at radius 1 is 1.00 bits per heavy atom. The lowest BCUT2D eigenvalue weighted by Gasteiger charge is -2.32. The monoisotopic (exact) mass is 459 g/mol. The van der Waals surface area contributed by atoms with Gasteiger partial charge in [-0.2, -0.15) is 0 Å². The maximum atomic E-state index is 13.4. The van der Waals surface area contributed by atoms with Crippen molar-refractivity contribution in [1.29, 1.82) is 0 Å². The number of likely N-dealkylation sites (N-methyl/N-ethyl adjacent to an activating group) is 1. The summed E-state index contributed by atoms with van der Waals surface area (Å²) in [4.78, 5) is 27.6. The van der Waals surface area contributed by atoms with Crippen LogP contribution in [0.3, 0.4) is 0 Å². The van der Waals surface area contributed by atoms with Crippen molar-refractivity contribution in [3.05, 3.63) is 65.7 Å². The van der Waals surface area contributed by atoms with Crippen LogP contribution in [0, 0.1) is 6.92 Å². The quantitative estimate of drug-likeness (QED) is 0.560. The van der Waals surface area contributed by atoms with Gasteiger partial charge in [0.15, 0.2) is 0 Å². The predicted octanol–water partition coefficient (Wildman–Crippen LogP) is 2.75. The minimum atomic E-state index is -3.70. The number of sulfonamides is 1. The molecule has 1 N–H and O–H groups in total. The molecule has 0 spiro atoms. The van der Waals surface area contributed by atoms with E-state index in [-0.39, 0.29) is 12.5 Å². The Kier molecular flexibility index (Phi) is 9.26. The molecule has 2 aromatic rings. The molecular formula is C24H33N3O4S. The van der Waals surface area contributed by atoms with E-state index < -0.39 is 22.0 Å². The highest BCUT2D eigenvalue weighted by molar-refractivity contribution is 7.92. The molecule has 7 nitrogen and oxygen atoms in total. The summed E-state index contributed by atoms with van der Waals surface area (Å²) in [6, 6.07) is 16.0. The normalized spacial score (nSPS) is 12.1. The molecule has 32 heavy (non-hydrogen) atoms. The van der Waals surface area contributed by atoms with Gasteiger partial charge in [0.2, 0.25) is 21.8 Å². The minimum absolute atomic E-state index is 0.238. The first kappa shape index (κ1) is 25.4. The summed E-state index contributed by atoms with van der Waals surface area (Å²) in [5, 5.41) is 2.79. The molecular weight excluding hydrogens is 426 g/mol. The topological polar surface area (TPSA) is 86.8 Å². The Hall–Kier alpha value is -2.87. The minimum Gasteiger partial charge on any atom is -0.355 e. The van der Waals surface area contributed by atoms with Gasteiger partial charge in [0.1, 0.15) is 12.6 Å². The molecule has 0 unspecified atom stereocenters. The number of hydrogen-bond acceptors (Lipinski definition) is 4. The zero-order chi connectivity index (χ0) is 23.7. The van der Waals surface area contributed by atoms with E-state index in [1.165, 1.54) is 4.90 Å². The first-order valence-corrected chi connectivity index (χ1v) is 12.7. The van der Waals surface area contributed by atoms with Crippen molar-refractivity contribution in [3.63, 3.8) is 0 Å². The van der Waals surface area contributed by atoms with Crippen molar-refractivity contribution in [2.24, 2.45) is 0 Å². The van der Waals surface area contributed by atoms with Gasteiger partial charge in [0, 0.05) is 13.1 Å². The third-order valence-corrected chi connectivity index (χ3v) is 6.36. The standard InChI is InChI=1S/C24H33N3O4S/c1-5-22(24(29)25-6-2)26(17-16-20-10-8-7-9-11-20)23(28)18-27(32(4,30)31)21-14-12-19(3)13-15-21/h7-15,22H,5-6,16-18H2,1-4H3,(H,25,29)/t22-/m1/s1. The van der Waals surface area contributed by atoms with Crippen molar-refractivity contribution < 1.29 is 18.0 Å². The van der Waals surface area contributed by atoms with Crippen LogP contribution in [0.2, 0.25) is 0 Å². The van der Waals surface area contributed by atoms with E-state index >= 15 is 0 Å². The summed E-state index contributed by atoms with van der Waals surface area (Å²) in [6.45, 7) is 5.97. The zero-order valence-corrected chi connectivity index (χ0v) is 20.1. The molecule has 0 saturated heterocycles. The number of benzene rings is 2. The molecule has 1 atom stereocenters. The molecule has 0 aromatic heterocycles. The third kappa shape index (κ3) is 7.09. The van der Waals surface area contributed by atoms with Crippen molar-refractivity contribution >= 4 is 27.5 Å². The number of nitrogens with one attached hydrogen (secondary N) is 1. The molecule has 0 bridgehead atoms. The number of carbonyl (C=O) groups is 2. The van der Waals surface area contributed by atoms with Crippen LogP contribution in [0.1, 0.15) is 31.4 Å². The van der Waals surface area contributed by atoms with Gasteiger partial charge < -0.3 is 10.2 Å². The van der Waals surface area contributed by atoms with Crippen LogP contribution in [-0.2, 0) is 26.0 Å². The molecule has 8 heteroatoms. The average Bonchev–Trinajstić information content (AvgIpc) is 2.75. The van der Waals surface area contributed by atoms with Crippen molar-refractivity contribution in [1.82, 2.24) is 10.2 Å². The maximum absolute atomic E-state index is 13.4. The van der Waals surface area contributed by atoms with Crippen molar-refractivity contribution in [2.75, 3.05) is 30.2 Å². The Morgan fingerprint density at radius 2 is 1.62 bits per heavy atom. The molecule has 174 valence electrons. The molecule has 0 heterocycles. The highest BCUT2D eigenvalue weighted by Crippen LogP contribution is 2.19. The fourth-order valence-corrected chi connectivity index (χ4v) is 4.36. The van der Waals surface area contributed by atoms with E-state index in [1.807, 2.05) is 51.1 Å². The lowest BCUT2D eigenvalue weighted by molar-refractivity contribution is -0.139. The van der Waals surface area contributed by atoms with Crippen LogP contribution >= 0.6 is 0 Å². The SMILES string of the molecule is CCNC(=O)[C@@H](CC)N(CCc1ccccc1)C(=O)CN(c1ccc(C)cc1)S(C)(=O)=O. The van der Waals surface area contributed by atoms with Crippen LogP contribution in [0.5, 0.6) is 0 Å². The van der Waals surface area contributed by atoms with E-state index in [0.717, 1.165) is 21.7 Å². The van der Waals surface area contributed by atoms with Gasteiger partial charge in [-0.1, -0.05) is 55.0 Å². The first-order valence-electron chi connectivity index (χ1n) is 10.8. The first-order chi connectivity index (χ1) is 15.2. The Labute approximate surface area is 191 Å². The fourth-order valence-electron chi connectivity index (χ4n) is 3.51. The van der Waals surface area contributed by atoms with Crippen molar-refractivity contribution in [3.8, 4) is 0 Å². The van der Waals surface area contributed by atoms with Crippen LogP contribution in [-0.4, -0.2) is 57.1 Å². The number of aryl methyl sites for hydroxylation is 1. The summed E-state index contributed by atoms with van der Waals surface area (Å²) in [7, 11) is -3.70. The van der Waals surface area contributed by atoms with E-state index in [0.29, 0.717) is 31.6 Å². The molecule has 2 rings (SSSR count). The molecule has 2 aromatic carbocycles. The van der Waals surface area contributed by atoms with Gasteiger partial charge in [-0.05, 0) is 44.4 Å². The molecule has 0 aliphatic heterocycles. The van der Waals surface area contributed by atoms with E-state index in [1.54, 1.807) is 24.3 Å². The van der Waals surface area contributed by atoms with Gasteiger partial charge in [-0.15, -0.1) is 0 Å². The molecule has 0 fully saturated rings. The van der Waals surface area contributed by atoms with Gasteiger partial charge in [-0.25, -0.2) is 8.42 Å². The second-order valence-electron chi connectivity index (χ2n) is 7.75. The molecule has 2 amide bonds. The average molecular weight is 460 g/mol. The van der Waals surface area contributed by atoms with Gasteiger partial charge in [0.05, 0.1) is 11.9 Å². The number of carbonyl (C=O) groups excluding carboxylic acids is 2. The van der Waals surface area contributed by atoms with E-state index in [2.05, 4.69) is 5.32 Å². The number of rotatable bonds is 11. The second kappa shape index (κ2) is 11.7. The highest BCUT2D eigenvalue weighted by atomic mass is 32.2. The third-order valence-electron chi connectivity index (χ3n) is 5.22. The Bertz CT molecular complexity index is 992. The maximum Gasteiger partial charge on any atom is 0.244 e. The Morgan fingerprint density at radius 3 is 2.16 bits per heavy atom.